The van der Waals surface area contributed by atoms with Crippen molar-refractivity contribution in [3.05, 3.63) is 104 Å². The quantitative estimate of drug-likeness (QED) is 0.131. The molecule has 0 fully saturated rings. The van der Waals surface area contributed by atoms with E-state index in [-0.39, 0.29) is 5.57 Å². The summed E-state index contributed by atoms with van der Waals surface area (Å²) in [6.45, 7) is 0.354. The molecule has 4 rings (SSSR count). The number of nitrogens with one attached hydrogen (secondary N) is 1. The van der Waals surface area contributed by atoms with Gasteiger partial charge in [-0.3, -0.25) is 4.79 Å². The first-order valence-corrected chi connectivity index (χ1v) is 12.5. The van der Waals surface area contributed by atoms with Crippen molar-refractivity contribution >= 4 is 67.0 Å². The van der Waals surface area contributed by atoms with E-state index in [0.29, 0.717) is 33.8 Å². The van der Waals surface area contributed by atoms with Crippen LogP contribution in [-0.2, 0) is 11.4 Å². The summed E-state index contributed by atoms with van der Waals surface area (Å²) >= 11 is 5.69. The lowest BCUT2D eigenvalue weighted by atomic mass is 10.1. The molecule has 0 radical (unpaired) electrons. The van der Waals surface area contributed by atoms with Crippen LogP contribution < -0.4 is 14.8 Å². The molecule has 0 aliphatic rings. The Morgan fingerprint density at radius 2 is 1.83 bits per heavy atom. The molecular weight excluding hydrogens is 619 g/mol. The number of rotatable bonds is 7. The molecule has 0 aromatic heterocycles. The highest BCUT2D eigenvalue weighted by atomic mass is 127. The van der Waals surface area contributed by atoms with Crippen molar-refractivity contribution in [1.82, 2.24) is 0 Å². The van der Waals surface area contributed by atoms with E-state index < -0.39 is 5.91 Å². The number of halogens is 2. The smallest absolute Gasteiger partial charge is 0.266 e. The van der Waals surface area contributed by atoms with E-state index in [1.165, 1.54) is 6.08 Å². The summed E-state index contributed by atoms with van der Waals surface area (Å²) in [5.41, 5.74) is 2.30. The van der Waals surface area contributed by atoms with E-state index in [4.69, 9.17) is 9.47 Å². The van der Waals surface area contributed by atoms with Crippen LogP contribution >= 0.6 is 38.5 Å². The molecule has 4 aromatic rings. The van der Waals surface area contributed by atoms with Gasteiger partial charge in [0.15, 0.2) is 11.5 Å². The summed E-state index contributed by atoms with van der Waals surface area (Å²) in [5.74, 6) is 0.545. The van der Waals surface area contributed by atoms with E-state index in [0.717, 1.165) is 19.9 Å². The maximum Gasteiger partial charge on any atom is 0.266 e. The molecule has 35 heavy (non-hydrogen) atoms. The number of hydrogen-bond acceptors (Lipinski definition) is 4. The fourth-order valence-corrected chi connectivity index (χ4v) is 4.70. The number of anilines is 1. The third kappa shape index (κ3) is 5.84. The minimum atomic E-state index is -0.483. The van der Waals surface area contributed by atoms with Crippen molar-refractivity contribution < 1.29 is 14.3 Å². The zero-order valence-electron chi connectivity index (χ0n) is 18.7. The molecule has 0 saturated heterocycles. The molecule has 0 aliphatic carbocycles. The van der Waals surface area contributed by atoms with Crippen LogP contribution in [0.2, 0.25) is 0 Å². The predicted molar refractivity (Wildman–Crippen MR) is 150 cm³/mol. The maximum absolute atomic E-state index is 12.7. The van der Waals surface area contributed by atoms with Crippen molar-refractivity contribution in [2.24, 2.45) is 0 Å². The van der Waals surface area contributed by atoms with Crippen LogP contribution in [0, 0.1) is 14.9 Å². The minimum absolute atomic E-state index is 0.0250. The minimum Gasteiger partial charge on any atom is -0.493 e. The Hall–Kier alpha value is -3.35. The summed E-state index contributed by atoms with van der Waals surface area (Å²) in [6, 6.07) is 27.1. The number of benzene rings is 4. The highest BCUT2D eigenvalue weighted by molar-refractivity contribution is 14.1. The van der Waals surface area contributed by atoms with E-state index in [9.17, 15) is 10.1 Å². The van der Waals surface area contributed by atoms with Crippen LogP contribution in [-0.4, -0.2) is 13.0 Å². The molecule has 0 aliphatic heterocycles. The number of amides is 1. The Morgan fingerprint density at radius 1 is 1.09 bits per heavy atom. The molecule has 0 bridgehead atoms. The number of carbonyl (C=O) groups excluding carboxylic acids is 1. The van der Waals surface area contributed by atoms with Crippen molar-refractivity contribution in [2.75, 3.05) is 12.4 Å². The first-order chi connectivity index (χ1) is 17.0. The van der Waals surface area contributed by atoms with E-state index in [1.54, 1.807) is 25.3 Å². The molecule has 0 unspecified atom stereocenters. The van der Waals surface area contributed by atoms with Gasteiger partial charge in [-0.1, -0.05) is 54.6 Å². The zero-order chi connectivity index (χ0) is 24.8. The molecule has 5 nitrogen and oxygen atoms in total. The lowest BCUT2D eigenvalue weighted by Crippen LogP contribution is -2.14. The summed E-state index contributed by atoms with van der Waals surface area (Å²) < 4.78 is 13.2. The van der Waals surface area contributed by atoms with E-state index in [1.807, 2.05) is 48.5 Å². The SMILES string of the molecule is COc1cc(/C=C(/C#N)C(=O)Nc2ccccc2I)cc(Br)c1OCc1cccc2ccccc12. The lowest BCUT2D eigenvalue weighted by Gasteiger charge is -2.15. The topological polar surface area (TPSA) is 71.3 Å². The normalized spacial score (nSPS) is 11.1. The zero-order valence-corrected chi connectivity index (χ0v) is 22.5. The molecule has 1 N–H and O–H groups in total. The predicted octanol–water partition coefficient (Wildman–Crippen LogP) is 7.34. The van der Waals surface area contributed by atoms with Crippen LogP contribution in [0.5, 0.6) is 11.5 Å². The first-order valence-electron chi connectivity index (χ1n) is 10.6. The van der Waals surface area contributed by atoms with Gasteiger partial charge in [0, 0.05) is 3.57 Å². The third-order valence-corrected chi connectivity index (χ3v) is 6.83. The largest absolute Gasteiger partial charge is 0.493 e. The van der Waals surface area contributed by atoms with E-state index >= 15 is 0 Å². The lowest BCUT2D eigenvalue weighted by molar-refractivity contribution is -0.112. The number of para-hydroxylation sites is 1. The molecule has 174 valence electrons. The Bertz CT molecular complexity index is 1470. The van der Waals surface area contributed by atoms with Gasteiger partial charge >= 0.3 is 0 Å². The van der Waals surface area contributed by atoms with Gasteiger partial charge in [-0.15, -0.1) is 0 Å². The molecule has 7 heteroatoms. The maximum atomic E-state index is 12.7. The van der Waals surface area contributed by atoms with Crippen molar-refractivity contribution in [1.29, 1.82) is 5.26 Å². The van der Waals surface area contributed by atoms with Crippen molar-refractivity contribution in [3.8, 4) is 17.6 Å². The fourth-order valence-electron chi connectivity index (χ4n) is 3.60. The summed E-state index contributed by atoms with van der Waals surface area (Å²) in [4.78, 5) is 12.7. The average molecular weight is 639 g/mol. The van der Waals surface area contributed by atoms with Gasteiger partial charge in [-0.25, -0.2) is 0 Å². The van der Waals surface area contributed by atoms with Gasteiger partial charge in [0.25, 0.3) is 5.91 Å². The summed E-state index contributed by atoms with van der Waals surface area (Å²) in [7, 11) is 1.55. The van der Waals surface area contributed by atoms with Gasteiger partial charge in [-0.05, 0) is 90.8 Å². The second kappa shape index (κ2) is 11.4. The summed E-state index contributed by atoms with van der Waals surface area (Å²) in [6.07, 6.45) is 1.52. The average Bonchev–Trinajstić information content (AvgIpc) is 2.87. The van der Waals surface area contributed by atoms with Crippen LogP contribution in [0.15, 0.2) is 88.9 Å². The number of ether oxygens (including phenoxy) is 2. The first kappa shape index (κ1) is 24.8. The monoisotopic (exact) mass is 638 g/mol. The van der Waals surface area contributed by atoms with Gasteiger partial charge < -0.3 is 14.8 Å². The number of hydrogen-bond donors (Lipinski definition) is 1. The number of nitrogens with zero attached hydrogens (tertiary/aromatic N) is 1. The second-order valence-corrected chi connectivity index (χ2v) is 9.58. The molecule has 0 saturated carbocycles. The molecule has 4 aromatic carbocycles. The van der Waals surface area contributed by atoms with Crippen LogP contribution in [0.25, 0.3) is 16.8 Å². The summed E-state index contributed by atoms with van der Waals surface area (Å²) in [5, 5.41) is 14.7. The van der Waals surface area contributed by atoms with Gasteiger partial charge in [0.2, 0.25) is 0 Å². The fraction of sp³-hybridized carbons (Fsp3) is 0.0714. The Labute approximate surface area is 225 Å². The molecule has 0 heterocycles. The number of carbonyl (C=O) groups is 1. The Kier molecular flexibility index (Phi) is 8.06. The van der Waals surface area contributed by atoms with Crippen molar-refractivity contribution in [3.63, 3.8) is 0 Å². The molecule has 0 atom stereocenters. The van der Waals surface area contributed by atoms with Crippen LogP contribution in [0.1, 0.15) is 11.1 Å². The Morgan fingerprint density at radius 3 is 2.60 bits per heavy atom. The van der Waals surface area contributed by atoms with Crippen molar-refractivity contribution in [2.45, 2.75) is 6.61 Å². The van der Waals surface area contributed by atoms with Gasteiger partial charge in [0.05, 0.1) is 17.3 Å². The number of fused-ring (bicyclic) bond motifs is 1. The highest BCUT2D eigenvalue weighted by Crippen LogP contribution is 2.38. The molecule has 0 spiro atoms. The van der Waals surface area contributed by atoms with Crippen LogP contribution in [0.3, 0.4) is 0 Å². The highest BCUT2D eigenvalue weighted by Gasteiger charge is 2.15. The second-order valence-electron chi connectivity index (χ2n) is 7.56. The molecular formula is C28H20BrIN2O3. The third-order valence-electron chi connectivity index (χ3n) is 5.30. The van der Waals surface area contributed by atoms with Crippen LogP contribution in [0.4, 0.5) is 5.69 Å². The van der Waals surface area contributed by atoms with Gasteiger partial charge in [0.1, 0.15) is 18.2 Å². The number of methoxy groups -OCH3 is 1. The standard InChI is InChI=1S/C28H20BrIN2O3/c1-34-26-15-18(13-21(16-31)28(33)32-25-12-5-4-11-24(25)30)14-23(29)27(26)35-17-20-9-6-8-19-7-2-3-10-22(19)20/h2-15H,17H2,1H3,(H,32,33)/b21-13-. The molecule has 1 amide bonds. The van der Waals surface area contributed by atoms with E-state index in [2.05, 4.69) is 62.0 Å². The number of nitriles is 1. The Balaban J connectivity index is 1.58. The van der Waals surface area contributed by atoms with Gasteiger partial charge in [-0.2, -0.15) is 5.26 Å².